The molecule has 0 saturated heterocycles. The van der Waals surface area contributed by atoms with Gasteiger partial charge in [-0.15, -0.1) is 0 Å². The molecule has 0 aliphatic rings. The zero-order valence-electron chi connectivity index (χ0n) is 10.1. The van der Waals surface area contributed by atoms with Crippen molar-refractivity contribution in [3.05, 3.63) is 66.4 Å². The molecule has 4 nitrogen and oxygen atoms in total. The van der Waals surface area contributed by atoms with Gasteiger partial charge >= 0.3 is 0 Å². The fraction of sp³-hybridized carbons (Fsp3) is 0. The number of hydroxylamine groups is 1. The van der Waals surface area contributed by atoms with Crippen molar-refractivity contribution >= 4 is 16.8 Å². The molecule has 1 amide bonds. The smallest absolute Gasteiger partial charge is 0.283 e. The van der Waals surface area contributed by atoms with Gasteiger partial charge in [-0.3, -0.25) is 4.79 Å². The van der Waals surface area contributed by atoms with E-state index in [1.165, 1.54) is 0 Å². The first-order chi connectivity index (χ1) is 9.34. The van der Waals surface area contributed by atoms with Crippen LogP contribution >= 0.6 is 0 Å². The van der Waals surface area contributed by atoms with E-state index in [0.717, 1.165) is 10.9 Å². The third-order valence-corrected chi connectivity index (χ3v) is 2.84. The standard InChI is InChI=1S/C15H12N2O2/c18-15(11-5-2-1-3-6-11)17-19-14-8-4-7-13-12(14)9-10-16-13/h1-10,16H,(H,17,18). The van der Waals surface area contributed by atoms with Crippen LogP contribution in [0.25, 0.3) is 10.9 Å². The Labute approximate surface area is 110 Å². The number of hydrogen-bond acceptors (Lipinski definition) is 2. The topological polar surface area (TPSA) is 54.1 Å². The van der Waals surface area contributed by atoms with E-state index in [2.05, 4.69) is 10.5 Å². The molecule has 0 aliphatic heterocycles. The molecule has 0 unspecified atom stereocenters. The highest BCUT2D eigenvalue weighted by Crippen LogP contribution is 2.23. The summed E-state index contributed by atoms with van der Waals surface area (Å²) in [4.78, 5) is 20.3. The summed E-state index contributed by atoms with van der Waals surface area (Å²) in [5, 5.41) is 0.927. The molecule has 0 bridgehead atoms. The van der Waals surface area contributed by atoms with E-state index in [0.29, 0.717) is 11.3 Å². The molecule has 1 aromatic heterocycles. The molecule has 2 N–H and O–H groups in total. The quantitative estimate of drug-likeness (QED) is 0.704. The molecule has 0 saturated carbocycles. The van der Waals surface area contributed by atoms with Crippen LogP contribution in [0.5, 0.6) is 5.75 Å². The third kappa shape index (κ3) is 2.28. The Bertz CT molecular complexity index is 704. The van der Waals surface area contributed by atoms with Gasteiger partial charge in [0.2, 0.25) is 0 Å². The molecule has 94 valence electrons. The second-order valence-electron chi connectivity index (χ2n) is 4.09. The molecule has 1 heterocycles. The largest absolute Gasteiger partial charge is 0.379 e. The van der Waals surface area contributed by atoms with Gasteiger partial charge in [0.25, 0.3) is 5.91 Å². The molecule has 3 aromatic rings. The lowest BCUT2D eigenvalue weighted by molar-refractivity contribution is 0.0763. The number of carbonyl (C=O) groups is 1. The summed E-state index contributed by atoms with van der Waals surface area (Å²) in [6, 6.07) is 16.5. The molecule has 3 rings (SSSR count). The van der Waals surface area contributed by atoms with Crippen LogP contribution in [-0.2, 0) is 0 Å². The van der Waals surface area contributed by atoms with Crippen molar-refractivity contribution in [3.63, 3.8) is 0 Å². The van der Waals surface area contributed by atoms with Crippen molar-refractivity contribution in [1.29, 1.82) is 0 Å². The van der Waals surface area contributed by atoms with Crippen LogP contribution in [0.2, 0.25) is 0 Å². The Morgan fingerprint density at radius 2 is 1.84 bits per heavy atom. The number of aromatic amines is 1. The summed E-state index contributed by atoms with van der Waals surface area (Å²) < 4.78 is 0. The molecule has 0 aliphatic carbocycles. The van der Waals surface area contributed by atoms with Crippen molar-refractivity contribution in [2.45, 2.75) is 0 Å². The van der Waals surface area contributed by atoms with Crippen LogP contribution in [0.1, 0.15) is 10.4 Å². The van der Waals surface area contributed by atoms with E-state index in [1.807, 2.05) is 42.6 Å². The minimum atomic E-state index is -0.270. The maximum Gasteiger partial charge on any atom is 0.283 e. The molecule has 0 atom stereocenters. The number of aromatic nitrogens is 1. The normalized spacial score (nSPS) is 10.3. The number of nitrogens with one attached hydrogen (secondary N) is 2. The van der Waals surface area contributed by atoms with Crippen molar-refractivity contribution in [2.24, 2.45) is 0 Å². The Morgan fingerprint density at radius 3 is 2.68 bits per heavy atom. The van der Waals surface area contributed by atoms with E-state index in [-0.39, 0.29) is 5.91 Å². The summed E-state index contributed by atoms with van der Waals surface area (Å²) in [5.74, 6) is 0.344. The number of rotatable bonds is 3. The minimum absolute atomic E-state index is 0.270. The number of hydrogen-bond donors (Lipinski definition) is 2. The van der Waals surface area contributed by atoms with Crippen LogP contribution in [0.15, 0.2) is 60.8 Å². The zero-order valence-corrected chi connectivity index (χ0v) is 10.1. The van der Waals surface area contributed by atoms with Crippen molar-refractivity contribution in [3.8, 4) is 5.75 Å². The van der Waals surface area contributed by atoms with Crippen molar-refractivity contribution < 1.29 is 9.63 Å². The number of amides is 1. The lowest BCUT2D eigenvalue weighted by atomic mass is 10.2. The van der Waals surface area contributed by atoms with Gasteiger partial charge < -0.3 is 9.82 Å². The van der Waals surface area contributed by atoms with E-state index >= 15 is 0 Å². The molecular weight excluding hydrogens is 240 g/mol. The van der Waals surface area contributed by atoms with Gasteiger partial charge in [-0.2, -0.15) is 5.48 Å². The van der Waals surface area contributed by atoms with Crippen LogP contribution in [0.3, 0.4) is 0 Å². The van der Waals surface area contributed by atoms with Crippen LogP contribution in [0.4, 0.5) is 0 Å². The van der Waals surface area contributed by atoms with E-state index in [4.69, 9.17) is 4.84 Å². The number of benzene rings is 2. The summed E-state index contributed by atoms with van der Waals surface area (Å²) in [7, 11) is 0. The third-order valence-electron chi connectivity index (χ3n) is 2.84. The van der Waals surface area contributed by atoms with Crippen LogP contribution in [-0.4, -0.2) is 10.9 Å². The second-order valence-corrected chi connectivity index (χ2v) is 4.09. The van der Waals surface area contributed by atoms with Crippen molar-refractivity contribution in [2.75, 3.05) is 0 Å². The zero-order chi connectivity index (χ0) is 13.1. The van der Waals surface area contributed by atoms with E-state index in [9.17, 15) is 4.79 Å². The fourth-order valence-electron chi connectivity index (χ4n) is 1.90. The highest BCUT2D eigenvalue weighted by Gasteiger charge is 2.07. The minimum Gasteiger partial charge on any atom is -0.379 e. The first kappa shape index (κ1) is 11.3. The fourth-order valence-corrected chi connectivity index (χ4v) is 1.90. The SMILES string of the molecule is O=C(NOc1cccc2[nH]ccc12)c1ccccc1. The molecule has 0 radical (unpaired) electrons. The summed E-state index contributed by atoms with van der Waals surface area (Å²) >= 11 is 0. The number of fused-ring (bicyclic) bond motifs is 1. The predicted molar refractivity (Wildman–Crippen MR) is 72.8 cm³/mol. The maximum atomic E-state index is 11.8. The summed E-state index contributed by atoms with van der Waals surface area (Å²) in [6.07, 6.45) is 1.83. The predicted octanol–water partition coefficient (Wildman–Crippen LogP) is 2.89. The van der Waals surface area contributed by atoms with Gasteiger partial charge in [0, 0.05) is 22.7 Å². The molecule has 19 heavy (non-hydrogen) atoms. The van der Waals surface area contributed by atoms with E-state index in [1.54, 1.807) is 18.2 Å². The van der Waals surface area contributed by atoms with E-state index < -0.39 is 0 Å². The Hall–Kier alpha value is -2.75. The number of carbonyl (C=O) groups excluding carboxylic acids is 1. The van der Waals surface area contributed by atoms with Crippen LogP contribution < -0.4 is 10.3 Å². The Balaban J connectivity index is 1.76. The highest BCUT2D eigenvalue weighted by molar-refractivity contribution is 5.93. The maximum absolute atomic E-state index is 11.8. The lowest BCUT2D eigenvalue weighted by Crippen LogP contribution is -2.26. The van der Waals surface area contributed by atoms with Gasteiger partial charge in [0.1, 0.15) is 0 Å². The highest BCUT2D eigenvalue weighted by atomic mass is 16.7. The molecule has 2 aromatic carbocycles. The molecule has 0 spiro atoms. The molecule has 0 fully saturated rings. The van der Waals surface area contributed by atoms with Gasteiger partial charge in [-0.25, -0.2) is 0 Å². The summed E-state index contributed by atoms with van der Waals surface area (Å²) in [5.41, 5.74) is 3.97. The average molecular weight is 252 g/mol. The lowest BCUT2D eigenvalue weighted by Gasteiger charge is -2.07. The first-order valence-corrected chi connectivity index (χ1v) is 5.93. The van der Waals surface area contributed by atoms with Gasteiger partial charge in [0.05, 0.1) is 0 Å². The van der Waals surface area contributed by atoms with Gasteiger partial charge in [0.15, 0.2) is 5.75 Å². The van der Waals surface area contributed by atoms with Crippen molar-refractivity contribution in [1.82, 2.24) is 10.5 Å². The summed E-state index contributed by atoms with van der Waals surface area (Å²) in [6.45, 7) is 0. The Morgan fingerprint density at radius 1 is 1.00 bits per heavy atom. The first-order valence-electron chi connectivity index (χ1n) is 5.93. The Kier molecular flexibility index (Phi) is 2.90. The molecule has 4 heteroatoms. The monoisotopic (exact) mass is 252 g/mol. The number of H-pyrrole nitrogens is 1. The van der Waals surface area contributed by atoms with Gasteiger partial charge in [-0.05, 0) is 30.3 Å². The van der Waals surface area contributed by atoms with Crippen LogP contribution in [0, 0.1) is 0 Å². The van der Waals surface area contributed by atoms with Gasteiger partial charge in [-0.1, -0.05) is 24.3 Å². The molecular formula is C15H12N2O2. The average Bonchev–Trinajstić information content (AvgIpc) is 2.94. The second kappa shape index (κ2) is 4.86.